The lowest BCUT2D eigenvalue weighted by molar-refractivity contribution is -0.170. The standard InChI is InChI=1S/C18H30O7/c1-2-3-4-5-6-7-8-9-10-11-12-25-16(21)14-18(24,17(22)23)13-15(19)20/h11-12,24H,2-10,13-14H2,1H3,(H,19,20)(H,22,23). The van der Waals surface area contributed by atoms with E-state index in [-0.39, 0.29) is 0 Å². The topological polar surface area (TPSA) is 121 Å². The molecule has 1 unspecified atom stereocenters. The summed E-state index contributed by atoms with van der Waals surface area (Å²) in [6.07, 6.45) is 11.1. The molecule has 144 valence electrons. The van der Waals surface area contributed by atoms with Gasteiger partial charge in [-0.25, -0.2) is 4.79 Å². The van der Waals surface area contributed by atoms with Gasteiger partial charge in [0.2, 0.25) is 0 Å². The van der Waals surface area contributed by atoms with Crippen molar-refractivity contribution >= 4 is 17.9 Å². The van der Waals surface area contributed by atoms with Gasteiger partial charge in [0.05, 0.1) is 19.1 Å². The second-order valence-electron chi connectivity index (χ2n) is 6.21. The molecule has 0 saturated carbocycles. The highest BCUT2D eigenvalue weighted by atomic mass is 16.5. The van der Waals surface area contributed by atoms with Crippen molar-refractivity contribution in [2.45, 2.75) is 83.2 Å². The zero-order valence-electron chi connectivity index (χ0n) is 14.9. The molecule has 0 radical (unpaired) electrons. The minimum absolute atomic E-state index is 0.737. The minimum atomic E-state index is -2.66. The molecular weight excluding hydrogens is 328 g/mol. The van der Waals surface area contributed by atoms with Crippen LogP contribution in [0.15, 0.2) is 12.3 Å². The van der Waals surface area contributed by atoms with Crippen LogP contribution in [0.3, 0.4) is 0 Å². The second-order valence-corrected chi connectivity index (χ2v) is 6.21. The lowest BCUT2D eigenvalue weighted by Gasteiger charge is -2.19. The largest absolute Gasteiger partial charge is 0.481 e. The quantitative estimate of drug-likeness (QED) is 0.233. The van der Waals surface area contributed by atoms with Crippen LogP contribution in [0.4, 0.5) is 0 Å². The zero-order valence-corrected chi connectivity index (χ0v) is 14.9. The monoisotopic (exact) mass is 358 g/mol. The maximum absolute atomic E-state index is 11.5. The van der Waals surface area contributed by atoms with Crippen LogP contribution in [0, 0.1) is 0 Å². The Labute approximate surface area is 148 Å². The normalized spacial score (nSPS) is 13.5. The number of esters is 1. The molecule has 0 aromatic carbocycles. The number of allylic oxidation sites excluding steroid dienone is 1. The molecule has 0 heterocycles. The Morgan fingerprint density at radius 1 is 0.920 bits per heavy atom. The van der Waals surface area contributed by atoms with Gasteiger partial charge < -0.3 is 20.1 Å². The maximum atomic E-state index is 11.5. The summed E-state index contributed by atoms with van der Waals surface area (Å²) in [7, 11) is 0. The fourth-order valence-corrected chi connectivity index (χ4v) is 2.33. The number of hydrogen-bond donors (Lipinski definition) is 3. The summed E-state index contributed by atoms with van der Waals surface area (Å²) in [6, 6.07) is 0. The number of ether oxygens (including phenoxy) is 1. The molecule has 7 nitrogen and oxygen atoms in total. The van der Waals surface area contributed by atoms with Crippen molar-refractivity contribution in [2.24, 2.45) is 0 Å². The number of rotatable bonds is 15. The molecule has 0 saturated heterocycles. The third kappa shape index (κ3) is 12.2. The van der Waals surface area contributed by atoms with Crippen molar-refractivity contribution in [2.75, 3.05) is 0 Å². The van der Waals surface area contributed by atoms with Crippen molar-refractivity contribution in [3.63, 3.8) is 0 Å². The van der Waals surface area contributed by atoms with E-state index in [4.69, 9.17) is 14.9 Å². The van der Waals surface area contributed by atoms with Gasteiger partial charge >= 0.3 is 17.9 Å². The van der Waals surface area contributed by atoms with E-state index < -0.39 is 36.4 Å². The van der Waals surface area contributed by atoms with E-state index in [9.17, 15) is 19.5 Å². The Balaban J connectivity index is 3.88. The van der Waals surface area contributed by atoms with Gasteiger partial charge in [-0.05, 0) is 18.9 Å². The van der Waals surface area contributed by atoms with Gasteiger partial charge in [-0.1, -0.05) is 51.9 Å². The molecule has 25 heavy (non-hydrogen) atoms. The number of carbonyl (C=O) groups is 3. The molecule has 1 atom stereocenters. The summed E-state index contributed by atoms with van der Waals surface area (Å²) < 4.78 is 4.71. The Hall–Kier alpha value is -1.89. The summed E-state index contributed by atoms with van der Waals surface area (Å²) >= 11 is 0. The van der Waals surface area contributed by atoms with Crippen LogP contribution in [0.1, 0.15) is 77.6 Å². The molecule has 7 heteroatoms. The van der Waals surface area contributed by atoms with E-state index in [0.29, 0.717) is 0 Å². The first-order valence-corrected chi connectivity index (χ1v) is 8.84. The van der Waals surface area contributed by atoms with Crippen LogP contribution >= 0.6 is 0 Å². The highest BCUT2D eigenvalue weighted by Gasteiger charge is 2.41. The molecule has 0 aromatic rings. The molecule has 0 amide bonds. The van der Waals surface area contributed by atoms with Crippen molar-refractivity contribution in [1.82, 2.24) is 0 Å². The number of carboxylic acid groups (broad SMARTS) is 2. The van der Waals surface area contributed by atoms with E-state index >= 15 is 0 Å². The summed E-state index contributed by atoms with van der Waals surface area (Å²) in [5.74, 6) is -4.27. The first kappa shape index (κ1) is 23.1. The predicted octanol–water partition coefficient (Wildman–Crippen LogP) is 3.25. The van der Waals surface area contributed by atoms with E-state index in [0.717, 1.165) is 25.5 Å². The van der Waals surface area contributed by atoms with Crippen LogP contribution in [0.2, 0.25) is 0 Å². The number of hydrogen-bond acceptors (Lipinski definition) is 5. The van der Waals surface area contributed by atoms with Gasteiger partial charge in [-0.3, -0.25) is 9.59 Å². The summed E-state index contributed by atoms with van der Waals surface area (Å²) in [6.45, 7) is 2.19. The number of aliphatic hydroxyl groups is 1. The predicted molar refractivity (Wildman–Crippen MR) is 91.9 cm³/mol. The van der Waals surface area contributed by atoms with E-state index in [1.807, 2.05) is 0 Å². The molecule has 0 aliphatic heterocycles. The molecule has 0 aliphatic carbocycles. The Bertz CT molecular complexity index is 445. The smallest absolute Gasteiger partial charge is 0.336 e. The lowest BCUT2D eigenvalue weighted by Crippen LogP contribution is -2.42. The maximum Gasteiger partial charge on any atom is 0.336 e. The minimum Gasteiger partial charge on any atom is -0.481 e. The third-order valence-corrected chi connectivity index (χ3v) is 3.80. The molecule has 0 bridgehead atoms. The third-order valence-electron chi connectivity index (χ3n) is 3.80. The van der Waals surface area contributed by atoms with Gasteiger partial charge in [0.1, 0.15) is 0 Å². The van der Waals surface area contributed by atoms with E-state index in [1.165, 1.54) is 38.5 Å². The van der Waals surface area contributed by atoms with Crippen LogP contribution in [0.5, 0.6) is 0 Å². The molecular formula is C18H30O7. The lowest BCUT2D eigenvalue weighted by atomic mass is 9.96. The van der Waals surface area contributed by atoms with Crippen LogP contribution in [-0.4, -0.2) is 38.8 Å². The molecule has 0 aromatic heterocycles. The molecule has 0 aliphatic rings. The van der Waals surface area contributed by atoms with Crippen LogP contribution in [0.25, 0.3) is 0 Å². The summed E-state index contributed by atoms with van der Waals surface area (Å²) in [4.78, 5) is 33.0. The summed E-state index contributed by atoms with van der Waals surface area (Å²) in [5, 5.41) is 27.2. The van der Waals surface area contributed by atoms with Crippen molar-refractivity contribution < 1.29 is 34.4 Å². The number of unbranched alkanes of at least 4 members (excludes halogenated alkanes) is 8. The van der Waals surface area contributed by atoms with Gasteiger partial charge in [-0.15, -0.1) is 0 Å². The number of carboxylic acids is 2. The van der Waals surface area contributed by atoms with Crippen LogP contribution in [-0.2, 0) is 19.1 Å². The van der Waals surface area contributed by atoms with E-state index in [1.54, 1.807) is 6.08 Å². The zero-order chi connectivity index (χ0) is 19.1. The Morgan fingerprint density at radius 3 is 2.00 bits per heavy atom. The fraction of sp³-hybridized carbons (Fsp3) is 0.722. The van der Waals surface area contributed by atoms with Crippen molar-refractivity contribution in [3.05, 3.63) is 12.3 Å². The van der Waals surface area contributed by atoms with Crippen LogP contribution < -0.4 is 0 Å². The first-order valence-electron chi connectivity index (χ1n) is 8.84. The Morgan fingerprint density at radius 2 is 1.48 bits per heavy atom. The van der Waals surface area contributed by atoms with Crippen molar-refractivity contribution in [1.29, 1.82) is 0 Å². The number of carbonyl (C=O) groups excluding carboxylic acids is 1. The number of aliphatic carboxylic acids is 2. The highest BCUT2D eigenvalue weighted by molar-refractivity contribution is 5.88. The molecule has 0 rings (SSSR count). The van der Waals surface area contributed by atoms with Gasteiger partial charge in [0.25, 0.3) is 0 Å². The van der Waals surface area contributed by atoms with Crippen molar-refractivity contribution in [3.8, 4) is 0 Å². The SMILES string of the molecule is CCCCCCCCCCC=COC(=O)CC(O)(CC(=O)O)C(=O)O. The molecule has 0 fully saturated rings. The first-order chi connectivity index (χ1) is 11.8. The van der Waals surface area contributed by atoms with Gasteiger partial charge in [-0.2, -0.15) is 0 Å². The summed E-state index contributed by atoms with van der Waals surface area (Å²) in [5.41, 5.74) is -2.66. The average Bonchev–Trinajstić information content (AvgIpc) is 2.51. The molecule has 3 N–H and O–H groups in total. The van der Waals surface area contributed by atoms with Gasteiger partial charge in [0, 0.05) is 0 Å². The van der Waals surface area contributed by atoms with E-state index in [2.05, 4.69) is 6.92 Å². The highest BCUT2D eigenvalue weighted by Crippen LogP contribution is 2.17. The Kier molecular flexibility index (Phi) is 12.4. The fourth-order valence-electron chi connectivity index (χ4n) is 2.33. The average molecular weight is 358 g/mol. The second kappa shape index (κ2) is 13.4. The molecule has 0 spiro atoms. The van der Waals surface area contributed by atoms with Gasteiger partial charge in [0.15, 0.2) is 5.60 Å².